The first-order chi connectivity index (χ1) is 13.0. The van der Waals surface area contributed by atoms with E-state index in [1.54, 1.807) is 18.3 Å². The maximum atomic E-state index is 13.8. The SMILES string of the molecule is Cc1cc(C(CC(c2ccc(Br)cc2)c2cc(F)cc(F)c2)N=O)ccn1. The first kappa shape index (κ1) is 19.3. The molecule has 0 radical (unpaired) electrons. The maximum Gasteiger partial charge on any atom is 0.126 e. The molecule has 2 atom stereocenters. The van der Waals surface area contributed by atoms with Crippen LogP contribution in [0.4, 0.5) is 8.78 Å². The lowest BCUT2D eigenvalue weighted by Crippen LogP contribution is -2.08. The molecule has 138 valence electrons. The van der Waals surface area contributed by atoms with Gasteiger partial charge in [0.15, 0.2) is 0 Å². The number of pyridine rings is 1. The lowest BCUT2D eigenvalue weighted by Gasteiger charge is -2.21. The van der Waals surface area contributed by atoms with Crippen molar-refractivity contribution in [3.05, 3.63) is 104 Å². The van der Waals surface area contributed by atoms with Gasteiger partial charge in [-0.25, -0.2) is 8.78 Å². The number of hydrogen-bond acceptors (Lipinski definition) is 3. The van der Waals surface area contributed by atoms with Crippen LogP contribution in [-0.4, -0.2) is 4.98 Å². The van der Waals surface area contributed by atoms with Gasteiger partial charge in [0.05, 0.1) is 0 Å². The monoisotopic (exact) mass is 430 g/mol. The van der Waals surface area contributed by atoms with Gasteiger partial charge in [-0.15, -0.1) is 0 Å². The molecule has 0 saturated carbocycles. The summed E-state index contributed by atoms with van der Waals surface area (Å²) in [7, 11) is 0. The van der Waals surface area contributed by atoms with Gasteiger partial charge in [0.1, 0.15) is 17.7 Å². The van der Waals surface area contributed by atoms with Crippen LogP contribution in [0.3, 0.4) is 0 Å². The summed E-state index contributed by atoms with van der Waals surface area (Å²) >= 11 is 3.39. The van der Waals surface area contributed by atoms with Crippen molar-refractivity contribution in [3.8, 4) is 0 Å². The summed E-state index contributed by atoms with van der Waals surface area (Å²) in [6.07, 6.45) is 1.91. The zero-order chi connectivity index (χ0) is 19.4. The van der Waals surface area contributed by atoms with Gasteiger partial charge in [-0.05, 0) is 66.4 Å². The Morgan fingerprint density at radius 1 is 0.963 bits per heavy atom. The van der Waals surface area contributed by atoms with Crippen LogP contribution in [0.25, 0.3) is 0 Å². The van der Waals surface area contributed by atoms with Crippen molar-refractivity contribution in [2.75, 3.05) is 0 Å². The molecular weight excluding hydrogens is 414 g/mol. The highest BCUT2D eigenvalue weighted by Gasteiger charge is 2.23. The second-order valence-electron chi connectivity index (χ2n) is 6.39. The second-order valence-corrected chi connectivity index (χ2v) is 7.31. The Morgan fingerprint density at radius 3 is 2.22 bits per heavy atom. The molecule has 2 aromatic carbocycles. The van der Waals surface area contributed by atoms with Crippen LogP contribution < -0.4 is 0 Å². The van der Waals surface area contributed by atoms with Gasteiger partial charge in [-0.1, -0.05) is 33.2 Å². The van der Waals surface area contributed by atoms with Crippen molar-refractivity contribution in [1.82, 2.24) is 4.98 Å². The van der Waals surface area contributed by atoms with Crippen molar-refractivity contribution >= 4 is 15.9 Å². The molecule has 0 spiro atoms. The van der Waals surface area contributed by atoms with E-state index in [2.05, 4.69) is 26.1 Å². The van der Waals surface area contributed by atoms with Crippen LogP contribution in [0.15, 0.2) is 70.4 Å². The fraction of sp³-hybridized carbons (Fsp3) is 0.190. The molecule has 3 rings (SSSR count). The van der Waals surface area contributed by atoms with Gasteiger partial charge < -0.3 is 0 Å². The third-order valence-electron chi connectivity index (χ3n) is 4.45. The Labute approximate surface area is 164 Å². The molecule has 3 nitrogen and oxygen atoms in total. The molecule has 0 aliphatic heterocycles. The predicted molar refractivity (Wildman–Crippen MR) is 104 cm³/mol. The summed E-state index contributed by atoms with van der Waals surface area (Å²) in [5.41, 5.74) is 2.83. The topological polar surface area (TPSA) is 42.3 Å². The molecule has 1 aromatic heterocycles. The molecule has 6 heteroatoms. The van der Waals surface area contributed by atoms with E-state index in [-0.39, 0.29) is 12.3 Å². The van der Waals surface area contributed by atoms with E-state index < -0.39 is 17.7 Å². The standard InChI is InChI=1S/C21H17BrF2N2O/c1-13-8-15(6-7-25-13)21(26-27)12-20(14-2-4-17(22)5-3-14)16-9-18(23)11-19(24)10-16/h2-11,20-21H,12H2,1H3. The molecular formula is C21H17BrF2N2O. The normalized spacial score (nSPS) is 13.2. The van der Waals surface area contributed by atoms with Crippen molar-refractivity contribution in [2.24, 2.45) is 5.18 Å². The molecule has 2 unspecified atom stereocenters. The number of nitroso groups, excluding NO2 is 1. The quantitative estimate of drug-likeness (QED) is 0.421. The van der Waals surface area contributed by atoms with Crippen LogP contribution in [0.2, 0.25) is 0 Å². The van der Waals surface area contributed by atoms with Crippen molar-refractivity contribution in [3.63, 3.8) is 0 Å². The molecule has 0 saturated heterocycles. The van der Waals surface area contributed by atoms with Crippen LogP contribution in [0.1, 0.15) is 40.8 Å². The smallest absolute Gasteiger partial charge is 0.126 e. The third kappa shape index (κ3) is 4.83. The first-order valence-electron chi connectivity index (χ1n) is 8.42. The molecule has 3 aromatic rings. The Hall–Kier alpha value is -2.47. The minimum Gasteiger partial charge on any atom is -0.262 e. The van der Waals surface area contributed by atoms with Gasteiger partial charge in [-0.2, -0.15) is 4.91 Å². The summed E-state index contributed by atoms with van der Waals surface area (Å²) < 4.78 is 28.5. The number of benzene rings is 2. The summed E-state index contributed by atoms with van der Waals surface area (Å²) in [6.45, 7) is 1.83. The number of nitrogens with zero attached hydrogens (tertiary/aromatic N) is 2. The van der Waals surface area contributed by atoms with E-state index in [1.807, 2.05) is 31.2 Å². The van der Waals surface area contributed by atoms with E-state index in [9.17, 15) is 13.7 Å². The van der Waals surface area contributed by atoms with Crippen molar-refractivity contribution in [1.29, 1.82) is 0 Å². The number of halogens is 3. The minimum atomic E-state index is -0.660. The number of rotatable bonds is 6. The summed E-state index contributed by atoms with van der Waals surface area (Å²) in [6, 6.07) is 13.8. The van der Waals surface area contributed by atoms with Crippen molar-refractivity contribution < 1.29 is 8.78 Å². The molecule has 0 amide bonds. The Kier molecular flexibility index (Phi) is 6.06. The van der Waals surface area contributed by atoms with Crippen LogP contribution >= 0.6 is 15.9 Å². The van der Waals surface area contributed by atoms with E-state index in [1.165, 1.54) is 12.1 Å². The molecule has 0 aliphatic carbocycles. The average molecular weight is 431 g/mol. The number of aromatic nitrogens is 1. The highest BCUT2D eigenvalue weighted by molar-refractivity contribution is 9.10. The first-order valence-corrected chi connectivity index (χ1v) is 9.22. The summed E-state index contributed by atoms with van der Waals surface area (Å²) in [4.78, 5) is 15.7. The molecule has 0 fully saturated rings. The summed E-state index contributed by atoms with van der Waals surface area (Å²) in [5, 5.41) is 3.28. The lowest BCUT2D eigenvalue weighted by atomic mass is 9.84. The third-order valence-corrected chi connectivity index (χ3v) is 4.98. The van der Waals surface area contributed by atoms with Crippen LogP contribution in [-0.2, 0) is 0 Å². The van der Waals surface area contributed by atoms with Gasteiger partial charge in [0.2, 0.25) is 0 Å². The Balaban J connectivity index is 2.03. The maximum absolute atomic E-state index is 13.8. The van der Waals surface area contributed by atoms with E-state index in [4.69, 9.17) is 0 Å². The highest BCUT2D eigenvalue weighted by Crippen LogP contribution is 2.36. The van der Waals surface area contributed by atoms with Gasteiger partial charge in [0.25, 0.3) is 0 Å². The average Bonchev–Trinajstić information content (AvgIpc) is 2.63. The summed E-state index contributed by atoms with van der Waals surface area (Å²) in [5.74, 6) is -1.69. The Morgan fingerprint density at radius 2 is 1.63 bits per heavy atom. The highest BCUT2D eigenvalue weighted by atomic mass is 79.9. The fourth-order valence-corrected chi connectivity index (χ4v) is 3.44. The van der Waals surface area contributed by atoms with Gasteiger partial charge in [0, 0.05) is 28.3 Å². The largest absolute Gasteiger partial charge is 0.262 e. The zero-order valence-corrected chi connectivity index (χ0v) is 16.2. The molecule has 0 aliphatic rings. The minimum absolute atomic E-state index is 0.289. The molecule has 1 heterocycles. The van der Waals surface area contributed by atoms with E-state index in [0.29, 0.717) is 5.56 Å². The second kappa shape index (κ2) is 8.48. The molecule has 0 bridgehead atoms. The molecule has 27 heavy (non-hydrogen) atoms. The number of aryl methyl sites for hydroxylation is 1. The zero-order valence-electron chi connectivity index (χ0n) is 14.6. The van der Waals surface area contributed by atoms with Gasteiger partial charge in [-0.3, -0.25) is 4.98 Å². The van der Waals surface area contributed by atoms with Crippen LogP contribution in [0, 0.1) is 23.5 Å². The predicted octanol–water partition coefficient (Wildman–Crippen LogP) is 6.46. The lowest BCUT2D eigenvalue weighted by molar-refractivity contribution is 0.560. The van der Waals surface area contributed by atoms with Crippen LogP contribution in [0.5, 0.6) is 0 Å². The van der Waals surface area contributed by atoms with E-state index in [0.717, 1.165) is 27.4 Å². The van der Waals surface area contributed by atoms with Crippen molar-refractivity contribution in [2.45, 2.75) is 25.3 Å². The Bertz CT molecular complexity index is 927. The van der Waals surface area contributed by atoms with E-state index >= 15 is 0 Å². The molecule has 0 N–H and O–H groups in total. The number of hydrogen-bond donors (Lipinski definition) is 0. The van der Waals surface area contributed by atoms with Gasteiger partial charge >= 0.3 is 0 Å². The fourth-order valence-electron chi connectivity index (χ4n) is 3.17.